The monoisotopic (exact) mass is 503 g/mol. The van der Waals surface area contributed by atoms with Gasteiger partial charge in [0, 0.05) is 11.8 Å². The number of nitrogens with one attached hydrogen (secondary N) is 2. The first-order valence-corrected chi connectivity index (χ1v) is 11.8. The molecule has 0 bridgehead atoms. The van der Waals surface area contributed by atoms with E-state index in [-0.39, 0.29) is 25.1 Å². The van der Waals surface area contributed by atoms with E-state index in [4.69, 9.17) is 14.5 Å². The Hall–Kier alpha value is -4.15. The zero-order chi connectivity index (χ0) is 26.0. The van der Waals surface area contributed by atoms with Crippen LogP contribution in [0.4, 0.5) is 10.3 Å². The van der Waals surface area contributed by atoms with Crippen molar-refractivity contribution in [3.05, 3.63) is 84.1 Å². The van der Waals surface area contributed by atoms with Crippen LogP contribution >= 0.6 is 0 Å². The van der Waals surface area contributed by atoms with Crippen LogP contribution in [0.15, 0.2) is 66.9 Å². The Morgan fingerprint density at radius 2 is 1.81 bits per heavy atom. The van der Waals surface area contributed by atoms with Crippen LogP contribution in [0.3, 0.4) is 0 Å². The second-order valence-corrected chi connectivity index (χ2v) is 9.21. The highest BCUT2D eigenvalue weighted by atomic mass is 19.1. The fourth-order valence-electron chi connectivity index (χ4n) is 3.98. The normalized spacial score (nSPS) is 20.4. The minimum Gasteiger partial charge on any atom is -0.481 e. The molecule has 0 spiro atoms. The molecule has 1 saturated heterocycles. The molecule has 1 unspecified atom stereocenters. The van der Waals surface area contributed by atoms with Gasteiger partial charge in [0.25, 0.3) is 0 Å². The zero-order valence-electron chi connectivity index (χ0n) is 20.3. The average molecular weight is 504 g/mol. The quantitative estimate of drug-likeness (QED) is 0.323. The maximum atomic E-state index is 13.6. The molecule has 0 saturated carbocycles. The Morgan fingerprint density at radius 3 is 2.49 bits per heavy atom. The smallest absolute Gasteiger partial charge is 0.314 e. The molecule has 190 valence electrons. The van der Waals surface area contributed by atoms with Crippen LogP contribution in [-0.4, -0.2) is 44.2 Å². The van der Waals surface area contributed by atoms with Crippen LogP contribution in [-0.2, 0) is 14.3 Å². The molecule has 1 aliphatic rings. The zero-order valence-corrected chi connectivity index (χ0v) is 20.3. The third-order valence-electron chi connectivity index (χ3n) is 6.24. The number of nitrogens with zero attached hydrogens (tertiary/aromatic N) is 3. The summed E-state index contributed by atoms with van der Waals surface area (Å²) in [4.78, 5) is 28.5. The predicted octanol–water partition coefficient (Wildman–Crippen LogP) is 4.98. The van der Waals surface area contributed by atoms with Gasteiger partial charge in [0.15, 0.2) is 5.82 Å². The maximum absolute atomic E-state index is 13.6. The van der Waals surface area contributed by atoms with Crippen molar-refractivity contribution in [2.45, 2.75) is 26.2 Å². The van der Waals surface area contributed by atoms with Gasteiger partial charge in [-0.3, -0.25) is 4.79 Å². The molecular formula is C27H26FN5O4. The van der Waals surface area contributed by atoms with Gasteiger partial charge in [-0.2, -0.15) is 0 Å². The third-order valence-corrected chi connectivity index (χ3v) is 6.24. The molecule has 1 fully saturated rings. The van der Waals surface area contributed by atoms with Gasteiger partial charge in [-0.1, -0.05) is 30.3 Å². The molecule has 1 atom stereocenters. The molecule has 0 aliphatic carbocycles. The highest BCUT2D eigenvalue weighted by Gasteiger charge is 2.41. The van der Waals surface area contributed by atoms with Crippen molar-refractivity contribution in [3.63, 3.8) is 0 Å². The van der Waals surface area contributed by atoms with E-state index in [0.29, 0.717) is 34.4 Å². The van der Waals surface area contributed by atoms with Crippen molar-refractivity contribution in [1.82, 2.24) is 19.9 Å². The number of carboxylic acid groups (broad SMARTS) is 1. The van der Waals surface area contributed by atoms with Crippen molar-refractivity contribution in [1.29, 1.82) is 0 Å². The number of anilines is 1. The summed E-state index contributed by atoms with van der Waals surface area (Å²) in [6.45, 7) is 3.52. The van der Waals surface area contributed by atoms with E-state index in [9.17, 15) is 14.3 Å². The molecule has 1 aliphatic heterocycles. The lowest BCUT2D eigenvalue weighted by atomic mass is 9.92. The lowest BCUT2D eigenvalue weighted by molar-refractivity contribution is -0.236. The van der Waals surface area contributed by atoms with Gasteiger partial charge >= 0.3 is 5.97 Å². The number of H-pyrrole nitrogens is 1. The summed E-state index contributed by atoms with van der Waals surface area (Å²) in [7, 11) is 0. The number of hydrogen-bond acceptors (Lipinski definition) is 7. The van der Waals surface area contributed by atoms with Crippen molar-refractivity contribution in [2.24, 2.45) is 5.41 Å². The summed E-state index contributed by atoms with van der Waals surface area (Å²) in [6, 6.07) is 17.6. The fourth-order valence-corrected chi connectivity index (χ4v) is 3.98. The van der Waals surface area contributed by atoms with Crippen molar-refractivity contribution in [2.75, 3.05) is 18.5 Å². The van der Waals surface area contributed by atoms with Gasteiger partial charge in [0.2, 0.25) is 12.2 Å². The summed E-state index contributed by atoms with van der Waals surface area (Å²) in [6.07, 6.45) is 0.751. The number of aromatic amines is 1. The highest BCUT2D eigenvalue weighted by Crippen LogP contribution is 2.35. The Labute approximate surface area is 212 Å². The van der Waals surface area contributed by atoms with Crippen molar-refractivity contribution in [3.8, 4) is 22.6 Å². The van der Waals surface area contributed by atoms with Crippen LogP contribution in [0.2, 0.25) is 0 Å². The van der Waals surface area contributed by atoms with E-state index >= 15 is 0 Å². The van der Waals surface area contributed by atoms with Gasteiger partial charge in [0.1, 0.15) is 11.2 Å². The minimum atomic E-state index is -1.14. The summed E-state index contributed by atoms with van der Waals surface area (Å²) < 4.78 is 25.1. The van der Waals surface area contributed by atoms with Gasteiger partial charge in [-0.05, 0) is 49.7 Å². The van der Waals surface area contributed by atoms with Crippen molar-refractivity contribution >= 4 is 11.9 Å². The van der Waals surface area contributed by atoms with E-state index in [2.05, 4.69) is 20.3 Å². The number of carboxylic acids is 1. The SMILES string of the molecule is CC(Nc1nccc(-c2[nH]c(C3OCC(C)(C(=O)O)CO3)nc2-c2ccc(F)cc2)n1)c1ccccc1. The van der Waals surface area contributed by atoms with Crippen LogP contribution in [0.5, 0.6) is 0 Å². The van der Waals surface area contributed by atoms with Crippen LogP contribution in [0, 0.1) is 11.2 Å². The van der Waals surface area contributed by atoms with Crippen LogP contribution in [0.25, 0.3) is 22.6 Å². The Morgan fingerprint density at radius 1 is 1.11 bits per heavy atom. The first-order valence-electron chi connectivity index (χ1n) is 11.8. The van der Waals surface area contributed by atoms with Gasteiger partial charge in [-0.25, -0.2) is 19.3 Å². The summed E-state index contributed by atoms with van der Waals surface area (Å²) in [5, 5.41) is 12.8. The number of imidazole rings is 1. The number of benzene rings is 2. The van der Waals surface area contributed by atoms with E-state index in [1.165, 1.54) is 12.1 Å². The molecule has 0 radical (unpaired) electrons. The predicted molar refractivity (Wildman–Crippen MR) is 134 cm³/mol. The first kappa shape index (κ1) is 24.5. The Kier molecular flexibility index (Phi) is 6.68. The topological polar surface area (TPSA) is 122 Å². The number of rotatable bonds is 7. The van der Waals surface area contributed by atoms with Crippen molar-refractivity contribution < 1.29 is 23.8 Å². The molecule has 3 heterocycles. The highest BCUT2D eigenvalue weighted by molar-refractivity contribution is 5.77. The Balaban J connectivity index is 1.47. The summed E-state index contributed by atoms with van der Waals surface area (Å²) >= 11 is 0. The Bertz CT molecular complexity index is 1390. The van der Waals surface area contributed by atoms with Crippen LogP contribution in [0.1, 0.15) is 37.6 Å². The average Bonchev–Trinajstić information content (AvgIpc) is 3.36. The lowest BCUT2D eigenvalue weighted by Gasteiger charge is -2.33. The first-order chi connectivity index (χ1) is 17.8. The minimum absolute atomic E-state index is 0.0297. The standard InChI is InChI=1S/C27H26FN5O4/c1-16(17-6-4-3-5-7-17)30-26-29-13-12-20(31-26)22-21(18-8-10-19(28)11-9-18)32-23(33-22)24-36-14-27(2,15-37-24)25(34)35/h3-13,16,24H,14-15H2,1-2H3,(H,32,33)(H,34,35)(H,29,30,31). The fraction of sp³-hybridized carbons (Fsp3) is 0.259. The summed E-state index contributed by atoms with van der Waals surface area (Å²) in [5.41, 5.74) is 2.26. The van der Waals surface area contributed by atoms with Gasteiger partial charge in [0.05, 0.1) is 36.3 Å². The summed E-state index contributed by atoms with van der Waals surface area (Å²) in [5.74, 6) is -0.579. The molecule has 5 rings (SSSR count). The largest absolute Gasteiger partial charge is 0.481 e. The molecule has 2 aromatic heterocycles. The number of aliphatic carboxylic acids is 1. The molecule has 9 nitrogen and oxygen atoms in total. The van der Waals surface area contributed by atoms with E-state index < -0.39 is 17.7 Å². The van der Waals surface area contributed by atoms with E-state index in [0.717, 1.165) is 5.56 Å². The molecule has 4 aromatic rings. The molecule has 2 aromatic carbocycles. The second-order valence-electron chi connectivity index (χ2n) is 9.21. The maximum Gasteiger partial charge on any atom is 0.314 e. The van der Waals surface area contributed by atoms with Gasteiger partial charge < -0.3 is 24.9 Å². The lowest BCUT2D eigenvalue weighted by Crippen LogP contribution is -2.42. The third kappa shape index (κ3) is 5.20. The molecular weight excluding hydrogens is 477 g/mol. The van der Waals surface area contributed by atoms with Crippen LogP contribution < -0.4 is 5.32 Å². The van der Waals surface area contributed by atoms with Gasteiger partial charge in [-0.15, -0.1) is 0 Å². The molecule has 37 heavy (non-hydrogen) atoms. The molecule has 0 amide bonds. The molecule has 3 N–H and O–H groups in total. The number of aromatic nitrogens is 4. The van der Waals surface area contributed by atoms with E-state index in [1.54, 1.807) is 31.3 Å². The number of halogens is 1. The second kappa shape index (κ2) is 10.1. The number of ether oxygens (including phenoxy) is 2. The van der Waals surface area contributed by atoms with E-state index in [1.807, 2.05) is 37.3 Å². The number of carbonyl (C=O) groups is 1. The number of hydrogen-bond donors (Lipinski definition) is 3. The molecule has 10 heteroatoms.